The molecule has 1 amide bonds. The van der Waals surface area contributed by atoms with Gasteiger partial charge in [-0.15, -0.1) is 0 Å². The topological polar surface area (TPSA) is 90.0 Å². The number of allylic oxidation sites excluding steroid dienone is 1. The number of hydrogen-bond donors (Lipinski definition) is 0. The lowest BCUT2D eigenvalue weighted by Crippen LogP contribution is -2.55. The average molecular weight is 808 g/mol. The van der Waals surface area contributed by atoms with Gasteiger partial charge in [0.05, 0.1) is 12.0 Å². The summed E-state index contributed by atoms with van der Waals surface area (Å²) in [6.45, 7) is 1.26. The monoisotopic (exact) mass is 807 g/mol. The highest BCUT2D eigenvalue weighted by atomic mass is 127. The van der Waals surface area contributed by atoms with Crippen LogP contribution in [0.2, 0.25) is 0 Å². The Bertz CT molecular complexity index is 1930. The zero-order valence-corrected chi connectivity index (χ0v) is 28.9. The Morgan fingerprint density at radius 2 is 1.61 bits per heavy atom. The third-order valence-electron chi connectivity index (χ3n) is 7.99. The highest BCUT2D eigenvalue weighted by Gasteiger charge is 2.50. The predicted molar refractivity (Wildman–Crippen MR) is 184 cm³/mol. The number of benzene rings is 4. The minimum Gasteiger partial charge on any atom is -0.458 e. The summed E-state index contributed by atoms with van der Waals surface area (Å²) < 4.78 is 85.9. The van der Waals surface area contributed by atoms with Crippen molar-refractivity contribution in [2.75, 3.05) is 4.90 Å². The Kier molecular flexibility index (Phi) is 11.1. The summed E-state index contributed by atoms with van der Waals surface area (Å²) in [5.41, 5.74) is -1.78. The van der Waals surface area contributed by atoms with Crippen LogP contribution in [-0.2, 0) is 30.9 Å². The van der Waals surface area contributed by atoms with E-state index < -0.39 is 51.2 Å². The molecule has 1 fully saturated rings. The predicted octanol–water partition coefficient (Wildman–Crippen LogP) is 8.70. The molecule has 0 spiro atoms. The van der Waals surface area contributed by atoms with Gasteiger partial charge >= 0.3 is 21.6 Å². The molecule has 0 radical (unpaired) electrons. The zero-order valence-electron chi connectivity index (χ0n) is 25.9. The zero-order chi connectivity index (χ0) is 35.3. The van der Waals surface area contributed by atoms with Crippen molar-refractivity contribution in [3.05, 3.63) is 135 Å². The molecule has 4 aromatic carbocycles. The Hall–Kier alpha value is -4.24. The van der Waals surface area contributed by atoms with Crippen molar-refractivity contribution in [2.45, 2.75) is 43.8 Å². The summed E-state index contributed by atoms with van der Waals surface area (Å²) >= 11 is 2.28. The summed E-state index contributed by atoms with van der Waals surface area (Å²) in [6.07, 6.45) is 4.59. The minimum absolute atomic E-state index is 0.259. The number of alkyl halides is 3. The standard InChI is InChI=1S/C36H30F4INO6S/c1-23(43)47-33(26-13-15-28(37)16-14-26)22-21-31-34(27-11-9-24(10-12-27)5-4-7-25-6-2-3-8-32(25)41)42(35(31)44)29-17-19-30(20-18-29)48-49(45,46)36(38,39)40/h2-4,6-20,31,33-34H,5,21-22H2,1H3/t31-,33?,34-/m1/s1. The van der Waals surface area contributed by atoms with Crippen LogP contribution >= 0.6 is 22.6 Å². The van der Waals surface area contributed by atoms with Crippen molar-refractivity contribution < 1.29 is 44.5 Å². The van der Waals surface area contributed by atoms with E-state index in [2.05, 4.69) is 32.8 Å². The van der Waals surface area contributed by atoms with E-state index in [1.165, 1.54) is 48.2 Å². The Morgan fingerprint density at radius 1 is 0.959 bits per heavy atom. The quantitative estimate of drug-likeness (QED) is 0.0356. The van der Waals surface area contributed by atoms with E-state index in [4.69, 9.17) is 4.74 Å². The molecule has 1 unspecified atom stereocenters. The van der Waals surface area contributed by atoms with Crippen LogP contribution < -0.4 is 9.08 Å². The van der Waals surface area contributed by atoms with Crippen molar-refractivity contribution >= 4 is 56.3 Å². The maximum Gasteiger partial charge on any atom is 0.534 e. The van der Waals surface area contributed by atoms with E-state index in [0.717, 1.165) is 32.4 Å². The molecular weight excluding hydrogens is 777 g/mol. The first-order chi connectivity index (χ1) is 23.2. The second kappa shape index (κ2) is 15.1. The number of anilines is 1. The second-order valence-electron chi connectivity index (χ2n) is 11.3. The number of halogens is 5. The number of esters is 1. The fourth-order valence-electron chi connectivity index (χ4n) is 5.62. The van der Waals surface area contributed by atoms with Crippen molar-refractivity contribution in [2.24, 2.45) is 5.92 Å². The highest BCUT2D eigenvalue weighted by Crippen LogP contribution is 2.47. The number of β-lactam (4-membered cyclic amide) rings is 1. The fraction of sp³-hybridized carbons (Fsp3) is 0.222. The SMILES string of the molecule is CC(=O)OC(CC[C@H]1C(=O)N(c2ccc(OS(=O)(=O)C(F)(F)F)cc2)[C@@H]1c1ccc(CC=Cc2ccccc2I)cc1)c1ccc(F)cc1. The second-order valence-corrected chi connectivity index (χ2v) is 14.0. The van der Waals surface area contributed by atoms with Crippen LogP contribution in [0.5, 0.6) is 5.75 Å². The van der Waals surface area contributed by atoms with Crippen LogP contribution in [0.3, 0.4) is 0 Å². The summed E-state index contributed by atoms with van der Waals surface area (Å²) in [5.74, 6) is -2.39. The summed E-state index contributed by atoms with van der Waals surface area (Å²) in [6, 6.07) is 25.5. The van der Waals surface area contributed by atoms with Gasteiger partial charge in [-0.3, -0.25) is 9.59 Å². The van der Waals surface area contributed by atoms with Crippen LogP contribution in [0.25, 0.3) is 6.08 Å². The van der Waals surface area contributed by atoms with Crippen LogP contribution in [0.15, 0.2) is 103 Å². The number of carbonyl (C=O) groups excluding carboxylic acids is 2. The molecule has 1 aliphatic heterocycles. The lowest BCUT2D eigenvalue weighted by molar-refractivity contribution is -0.147. The van der Waals surface area contributed by atoms with Crippen LogP contribution in [-0.4, -0.2) is 25.8 Å². The van der Waals surface area contributed by atoms with Crippen molar-refractivity contribution in [3.63, 3.8) is 0 Å². The molecule has 0 N–H and O–H groups in total. The summed E-state index contributed by atoms with van der Waals surface area (Å²) in [4.78, 5) is 27.0. The van der Waals surface area contributed by atoms with Gasteiger partial charge in [-0.2, -0.15) is 21.6 Å². The summed E-state index contributed by atoms with van der Waals surface area (Å²) in [7, 11) is -5.87. The van der Waals surface area contributed by atoms with E-state index in [0.29, 0.717) is 24.1 Å². The number of carbonyl (C=O) groups is 2. The van der Waals surface area contributed by atoms with Gasteiger partial charge in [0.1, 0.15) is 17.7 Å². The van der Waals surface area contributed by atoms with Gasteiger partial charge in [0.2, 0.25) is 5.91 Å². The van der Waals surface area contributed by atoms with E-state index >= 15 is 0 Å². The Morgan fingerprint density at radius 3 is 2.22 bits per heavy atom. The lowest BCUT2D eigenvalue weighted by atomic mass is 9.78. The Labute approximate surface area is 294 Å². The van der Waals surface area contributed by atoms with E-state index in [1.807, 2.05) is 54.6 Å². The van der Waals surface area contributed by atoms with Crippen molar-refractivity contribution in [1.29, 1.82) is 0 Å². The molecule has 0 aliphatic carbocycles. The van der Waals surface area contributed by atoms with Crippen LogP contribution in [0.4, 0.5) is 23.2 Å². The van der Waals surface area contributed by atoms with Crippen molar-refractivity contribution in [1.82, 2.24) is 0 Å². The number of amides is 1. The molecule has 13 heteroatoms. The minimum atomic E-state index is -5.87. The number of ether oxygens (including phenoxy) is 1. The molecule has 3 atom stereocenters. The normalized spacial score (nSPS) is 17.1. The van der Waals surface area contributed by atoms with Gasteiger partial charge in [0, 0.05) is 16.2 Å². The number of rotatable bonds is 12. The van der Waals surface area contributed by atoms with Gasteiger partial charge in [-0.25, -0.2) is 4.39 Å². The molecule has 49 heavy (non-hydrogen) atoms. The van der Waals surface area contributed by atoms with Crippen molar-refractivity contribution in [3.8, 4) is 5.75 Å². The molecule has 1 heterocycles. The number of hydrogen-bond acceptors (Lipinski definition) is 6. The van der Waals surface area contributed by atoms with Crippen LogP contribution in [0, 0.1) is 15.3 Å². The first kappa shape index (κ1) is 36.1. The molecule has 0 saturated carbocycles. The van der Waals surface area contributed by atoms with Gasteiger partial charge in [0.25, 0.3) is 0 Å². The van der Waals surface area contributed by atoms with E-state index in [1.54, 1.807) is 0 Å². The first-order valence-electron chi connectivity index (χ1n) is 15.1. The molecule has 5 rings (SSSR count). The van der Waals surface area contributed by atoms with E-state index in [9.17, 15) is 35.6 Å². The molecule has 1 saturated heterocycles. The molecule has 256 valence electrons. The van der Waals surface area contributed by atoms with E-state index in [-0.39, 0.29) is 12.3 Å². The Balaban J connectivity index is 1.38. The molecule has 1 aliphatic rings. The van der Waals surface area contributed by atoms with Gasteiger partial charge in [-0.1, -0.05) is 66.7 Å². The molecule has 0 bridgehead atoms. The molecule has 7 nitrogen and oxygen atoms in total. The largest absolute Gasteiger partial charge is 0.534 e. The van der Waals surface area contributed by atoms with Gasteiger partial charge < -0.3 is 13.8 Å². The molecule has 4 aromatic rings. The molecule has 0 aromatic heterocycles. The maximum atomic E-state index is 13.7. The maximum absolute atomic E-state index is 13.7. The fourth-order valence-corrected chi connectivity index (χ4v) is 6.65. The van der Waals surface area contributed by atoms with Gasteiger partial charge in [0.15, 0.2) is 0 Å². The number of nitrogens with zero attached hydrogens (tertiary/aromatic N) is 1. The highest BCUT2D eigenvalue weighted by molar-refractivity contribution is 14.1. The average Bonchev–Trinajstić information content (AvgIpc) is 3.05. The lowest BCUT2D eigenvalue weighted by Gasteiger charge is -2.48. The third kappa shape index (κ3) is 8.68. The molecular formula is C36H30F4INO6S. The summed E-state index contributed by atoms with van der Waals surface area (Å²) in [5, 5.41) is 0. The smallest absolute Gasteiger partial charge is 0.458 e. The third-order valence-corrected chi connectivity index (χ3v) is 9.95. The first-order valence-corrected chi connectivity index (χ1v) is 17.6. The van der Waals surface area contributed by atoms with Gasteiger partial charge in [-0.05, 0) is 107 Å². The van der Waals surface area contributed by atoms with Crippen LogP contribution in [0.1, 0.15) is 54.2 Å².